The Balaban J connectivity index is 1.57. The Bertz CT molecular complexity index is 1080. The van der Waals surface area contributed by atoms with Crippen LogP contribution in [0.3, 0.4) is 0 Å². The Morgan fingerprint density at radius 3 is 2.42 bits per heavy atom. The molecule has 4 rings (SSSR count). The van der Waals surface area contributed by atoms with Gasteiger partial charge in [-0.15, -0.1) is 0 Å². The van der Waals surface area contributed by atoms with E-state index in [4.69, 9.17) is 0 Å². The molecule has 0 atom stereocenters. The van der Waals surface area contributed by atoms with Gasteiger partial charge < -0.3 is 9.88 Å². The number of rotatable bonds is 4. The molecule has 0 unspecified atom stereocenters. The first-order valence-electron chi connectivity index (χ1n) is 10.0. The van der Waals surface area contributed by atoms with Crippen molar-refractivity contribution < 1.29 is 27.6 Å². The number of amides is 3. The number of hydrogen-bond donors (Lipinski definition) is 1. The number of urea groups is 1. The topological polar surface area (TPSA) is 71.4 Å². The molecule has 2 aliphatic rings. The fraction of sp³-hybridized carbons (Fsp3) is 0.409. The van der Waals surface area contributed by atoms with Crippen molar-refractivity contribution in [3.05, 3.63) is 47.4 Å². The van der Waals surface area contributed by atoms with Crippen molar-refractivity contribution in [1.29, 1.82) is 0 Å². The molecular formula is C22H22F3N3O3. The molecule has 1 aliphatic carbocycles. The van der Waals surface area contributed by atoms with Gasteiger partial charge in [0.2, 0.25) is 5.92 Å². The number of carbonyl (C=O) groups is 3. The number of aromatic nitrogens is 1. The second kappa shape index (κ2) is 7.25. The first kappa shape index (κ1) is 21.1. The number of halogens is 3. The van der Waals surface area contributed by atoms with Crippen LogP contribution in [0, 0.1) is 12.7 Å². The van der Waals surface area contributed by atoms with Crippen LogP contribution in [0.25, 0.3) is 11.3 Å². The monoisotopic (exact) mass is 433 g/mol. The molecule has 2 fully saturated rings. The van der Waals surface area contributed by atoms with E-state index in [1.165, 1.54) is 10.6 Å². The van der Waals surface area contributed by atoms with Gasteiger partial charge in [-0.25, -0.2) is 18.0 Å². The molecule has 1 aliphatic heterocycles. The Morgan fingerprint density at radius 2 is 1.77 bits per heavy atom. The number of ketones is 1. The quantitative estimate of drug-likeness (QED) is 0.589. The Hall–Kier alpha value is -3.10. The fourth-order valence-corrected chi connectivity index (χ4v) is 4.49. The molecule has 1 aromatic carbocycles. The number of carbonyl (C=O) groups excluding carboxylic acids is 3. The van der Waals surface area contributed by atoms with Crippen molar-refractivity contribution in [2.24, 2.45) is 7.05 Å². The molecule has 0 radical (unpaired) electrons. The minimum atomic E-state index is -2.86. The molecule has 31 heavy (non-hydrogen) atoms. The number of Topliss-reactive ketones (excluding diaryl/α,β-unsaturated/α-hetero) is 1. The van der Waals surface area contributed by atoms with E-state index in [9.17, 15) is 27.6 Å². The third-order valence-electron chi connectivity index (χ3n) is 6.22. The van der Waals surface area contributed by atoms with Crippen molar-refractivity contribution in [3.63, 3.8) is 0 Å². The standard InChI is InChI=1S/C22H22F3N3O3/c1-13-11-16(27(2)18(13)14-5-3-4-6-15(14)23)17(29)12-28-19(30)21(26-20(28)31)7-9-22(24,25)10-8-21/h3-6,11H,7-10,12H2,1-2H3,(H,26,31). The highest BCUT2D eigenvalue weighted by Gasteiger charge is 2.55. The average Bonchev–Trinajstić information content (AvgIpc) is 3.13. The summed E-state index contributed by atoms with van der Waals surface area (Å²) in [4.78, 5) is 39.0. The molecule has 1 N–H and O–H groups in total. The number of aryl methyl sites for hydroxylation is 1. The minimum absolute atomic E-state index is 0.171. The number of benzene rings is 1. The second-order valence-corrected chi connectivity index (χ2v) is 8.28. The van der Waals surface area contributed by atoms with Gasteiger partial charge in [-0.2, -0.15) is 0 Å². The molecule has 164 valence electrons. The maximum Gasteiger partial charge on any atom is 0.325 e. The molecule has 0 bridgehead atoms. The molecule has 9 heteroatoms. The lowest BCUT2D eigenvalue weighted by atomic mass is 9.80. The Kier molecular flexibility index (Phi) is 4.94. The summed E-state index contributed by atoms with van der Waals surface area (Å²) in [5.74, 6) is -4.45. The average molecular weight is 433 g/mol. The predicted octanol–water partition coefficient (Wildman–Crippen LogP) is 3.82. The van der Waals surface area contributed by atoms with Crippen LogP contribution in [-0.4, -0.2) is 45.2 Å². The molecule has 1 spiro atoms. The first-order valence-corrected chi connectivity index (χ1v) is 10.0. The Morgan fingerprint density at radius 1 is 1.13 bits per heavy atom. The lowest BCUT2D eigenvalue weighted by molar-refractivity contribution is -0.135. The summed E-state index contributed by atoms with van der Waals surface area (Å²) in [5, 5.41) is 2.52. The summed E-state index contributed by atoms with van der Waals surface area (Å²) < 4.78 is 42.9. The first-order chi connectivity index (χ1) is 14.5. The molecular weight excluding hydrogens is 411 g/mol. The van der Waals surface area contributed by atoms with Crippen molar-refractivity contribution in [2.45, 2.75) is 44.1 Å². The minimum Gasteiger partial charge on any atom is -0.341 e. The number of imide groups is 1. The van der Waals surface area contributed by atoms with E-state index in [0.717, 1.165) is 4.90 Å². The van der Waals surface area contributed by atoms with Crippen LogP contribution >= 0.6 is 0 Å². The molecule has 1 aromatic heterocycles. The van der Waals surface area contributed by atoms with Crippen molar-refractivity contribution >= 4 is 17.7 Å². The zero-order valence-electron chi connectivity index (χ0n) is 17.2. The van der Waals surface area contributed by atoms with Gasteiger partial charge in [0, 0.05) is 25.5 Å². The lowest BCUT2D eigenvalue weighted by Crippen LogP contribution is -2.51. The highest BCUT2D eigenvalue weighted by atomic mass is 19.3. The van der Waals surface area contributed by atoms with Gasteiger partial charge in [-0.05, 0) is 43.5 Å². The van der Waals surface area contributed by atoms with Gasteiger partial charge in [-0.3, -0.25) is 14.5 Å². The van der Waals surface area contributed by atoms with Gasteiger partial charge in [0.1, 0.15) is 11.4 Å². The van der Waals surface area contributed by atoms with E-state index < -0.39 is 54.4 Å². The predicted molar refractivity (Wildman–Crippen MR) is 106 cm³/mol. The van der Waals surface area contributed by atoms with Crippen molar-refractivity contribution in [1.82, 2.24) is 14.8 Å². The summed E-state index contributed by atoms with van der Waals surface area (Å²) in [5.41, 5.74) is 0.358. The molecule has 6 nitrogen and oxygen atoms in total. The normalized spacial score (nSPS) is 19.7. The van der Waals surface area contributed by atoms with Crippen molar-refractivity contribution in [2.75, 3.05) is 6.54 Å². The van der Waals surface area contributed by atoms with Crippen LogP contribution in [0.5, 0.6) is 0 Å². The molecule has 1 saturated carbocycles. The molecule has 2 heterocycles. The van der Waals surface area contributed by atoms with Gasteiger partial charge in [0.15, 0.2) is 5.78 Å². The van der Waals surface area contributed by atoms with Crippen LogP contribution < -0.4 is 5.32 Å². The summed E-state index contributed by atoms with van der Waals surface area (Å²) in [6.45, 7) is 1.22. The van der Waals surface area contributed by atoms with E-state index in [0.29, 0.717) is 16.8 Å². The zero-order valence-corrected chi connectivity index (χ0v) is 17.2. The SMILES string of the molecule is Cc1cc(C(=O)CN2C(=O)NC3(CCC(F)(F)CC3)C2=O)n(C)c1-c1ccccc1F. The number of nitrogens with one attached hydrogen (secondary N) is 1. The lowest BCUT2D eigenvalue weighted by Gasteiger charge is -2.34. The van der Waals surface area contributed by atoms with Crippen LogP contribution in [0.2, 0.25) is 0 Å². The Labute approximate surface area is 177 Å². The van der Waals surface area contributed by atoms with Gasteiger partial charge in [0.05, 0.1) is 17.9 Å². The van der Waals surface area contributed by atoms with E-state index in [-0.39, 0.29) is 18.5 Å². The van der Waals surface area contributed by atoms with Gasteiger partial charge in [-0.1, -0.05) is 12.1 Å². The largest absolute Gasteiger partial charge is 0.341 e. The number of alkyl halides is 2. The summed E-state index contributed by atoms with van der Waals surface area (Å²) in [6, 6.07) is 7.00. The molecule has 2 aromatic rings. The van der Waals surface area contributed by atoms with E-state index >= 15 is 0 Å². The van der Waals surface area contributed by atoms with Crippen molar-refractivity contribution in [3.8, 4) is 11.3 Å². The van der Waals surface area contributed by atoms with E-state index in [2.05, 4.69) is 5.32 Å². The maximum absolute atomic E-state index is 14.3. The molecule has 3 amide bonds. The van der Waals surface area contributed by atoms with E-state index in [1.807, 2.05) is 0 Å². The molecule has 1 saturated heterocycles. The second-order valence-electron chi connectivity index (χ2n) is 8.28. The van der Waals surface area contributed by atoms with E-state index in [1.54, 1.807) is 38.2 Å². The summed E-state index contributed by atoms with van der Waals surface area (Å²) in [7, 11) is 1.61. The van der Waals surface area contributed by atoms with Crippen LogP contribution in [0.15, 0.2) is 30.3 Å². The smallest absolute Gasteiger partial charge is 0.325 e. The van der Waals surface area contributed by atoms with Crippen LogP contribution in [0.1, 0.15) is 41.7 Å². The highest BCUT2D eigenvalue weighted by Crippen LogP contribution is 2.41. The fourth-order valence-electron chi connectivity index (χ4n) is 4.49. The summed E-state index contributed by atoms with van der Waals surface area (Å²) >= 11 is 0. The van der Waals surface area contributed by atoms with Crippen LogP contribution in [-0.2, 0) is 11.8 Å². The summed E-state index contributed by atoms with van der Waals surface area (Å²) in [6.07, 6.45) is -1.33. The zero-order chi connectivity index (χ0) is 22.6. The highest BCUT2D eigenvalue weighted by molar-refractivity contribution is 6.11. The van der Waals surface area contributed by atoms with Gasteiger partial charge >= 0.3 is 6.03 Å². The maximum atomic E-state index is 14.3. The van der Waals surface area contributed by atoms with Crippen LogP contribution in [0.4, 0.5) is 18.0 Å². The number of nitrogens with zero attached hydrogens (tertiary/aromatic N) is 2. The third kappa shape index (κ3) is 3.51. The third-order valence-corrected chi connectivity index (χ3v) is 6.22. The van der Waals surface area contributed by atoms with Gasteiger partial charge in [0.25, 0.3) is 5.91 Å². The number of hydrogen-bond acceptors (Lipinski definition) is 3.